The van der Waals surface area contributed by atoms with E-state index in [2.05, 4.69) is 19.2 Å². The molecule has 0 radical (unpaired) electrons. The quantitative estimate of drug-likeness (QED) is 0.660. The van der Waals surface area contributed by atoms with E-state index in [9.17, 15) is 8.42 Å². The Labute approximate surface area is 120 Å². The Morgan fingerprint density at radius 3 is 2.50 bits per heavy atom. The predicted molar refractivity (Wildman–Crippen MR) is 81.0 cm³/mol. The summed E-state index contributed by atoms with van der Waals surface area (Å²) in [6, 6.07) is 4.51. The fourth-order valence-electron chi connectivity index (χ4n) is 1.70. The zero-order chi connectivity index (χ0) is 15.4. The van der Waals surface area contributed by atoms with Crippen LogP contribution in [0.4, 0.5) is 11.4 Å². The maximum absolute atomic E-state index is 11.4. The van der Waals surface area contributed by atoms with E-state index in [1.165, 1.54) is 12.1 Å². The number of nitrogens with two attached hydrogens (primary N) is 2. The number of sulfonamides is 1. The molecular weight excluding hydrogens is 278 g/mol. The topological polar surface area (TPSA) is 107 Å². The van der Waals surface area contributed by atoms with Crippen LogP contribution in [-0.2, 0) is 14.8 Å². The Hall–Kier alpha value is -1.31. The molecule has 114 valence electrons. The monoisotopic (exact) mass is 301 g/mol. The molecule has 6 nitrogen and oxygen atoms in total. The Morgan fingerprint density at radius 1 is 1.30 bits per heavy atom. The van der Waals surface area contributed by atoms with Gasteiger partial charge in [0.2, 0.25) is 10.0 Å². The third-order valence-electron chi connectivity index (χ3n) is 3.01. The van der Waals surface area contributed by atoms with Crippen molar-refractivity contribution in [3.05, 3.63) is 18.2 Å². The van der Waals surface area contributed by atoms with E-state index in [4.69, 9.17) is 15.6 Å². The summed E-state index contributed by atoms with van der Waals surface area (Å²) in [7, 11) is -2.09. The van der Waals surface area contributed by atoms with Gasteiger partial charge in [-0.1, -0.05) is 13.8 Å². The number of hydrogen-bond donors (Lipinski definition) is 3. The molecule has 0 spiro atoms. The Bertz CT molecular complexity index is 556. The van der Waals surface area contributed by atoms with Crippen LogP contribution >= 0.6 is 0 Å². The Kier molecular flexibility index (Phi) is 5.38. The van der Waals surface area contributed by atoms with Crippen molar-refractivity contribution in [3.8, 4) is 0 Å². The van der Waals surface area contributed by atoms with Gasteiger partial charge in [-0.2, -0.15) is 0 Å². The second-order valence-electron chi connectivity index (χ2n) is 5.60. The van der Waals surface area contributed by atoms with Gasteiger partial charge >= 0.3 is 0 Å². The summed E-state index contributed by atoms with van der Waals surface area (Å²) in [6.45, 7) is 5.55. The molecule has 0 saturated carbocycles. The number of methoxy groups -OCH3 is 1. The van der Waals surface area contributed by atoms with Crippen molar-refractivity contribution in [2.45, 2.75) is 25.2 Å². The summed E-state index contributed by atoms with van der Waals surface area (Å²) in [6.07, 6.45) is 0.890. The number of rotatable bonds is 7. The molecular formula is C13H23N3O3S. The minimum absolute atomic E-state index is 0.00898. The lowest BCUT2D eigenvalue weighted by molar-refractivity contribution is 0.157. The van der Waals surface area contributed by atoms with Crippen LogP contribution in [0.25, 0.3) is 0 Å². The highest BCUT2D eigenvalue weighted by molar-refractivity contribution is 7.89. The van der Waals surface area contributed by atoms with Gasteiger partial charge in [0.1, 0.15) is 0 Å². The highest BCUT2D eigenvalue weighted by atomic mass is 32.2. The fourth-order valence-corrected chi connectivity index (χ4v) is 2.29. The fraction of sp³-hybridized carbons (Fsp3) is 0.538. The summed E-state index contributed by atoms with van der Waals surface area (Å²) < 4.78 is 27.8. The molecule has 0 aromatic heterocycles. The van der Waals surface area contributed by atoms with Gasteiger partial charge in [0.15, 0.2) is 0 Å². The average molecular weight is 301 g/mol. The van der Waals surface area contributed by atoms with Crippen LogP contribution in [0.1, 0.15) is 20.3 Å². The summed E-state index contributed by atoms with van der Waals surface area (Å²) in [5.74, 6) is 0. The molecule has 5 N–H and O–H groups in total. The summed E-state index contributed by atoms with van der Waals surface area (Å²) in [4.78, 5) is 0.00898. The molecule has 0 aliphatic rings. The van der Waals surface area contributed by atoms with Crippen molar-refractivity contribution < 1.29 is 13.2 Å². The lowest BCUT2D eigenvalue weighted by atomic mass is 9.89. The van der Waals surface area contributed by atoms with Crippen LogP contribution in [0.15, 0.2) is 23.1 Å². The highest BCUT2D eigenvalue weighted by Crippen LogP contribution is 2.24. The van der Waals surface area contributed by atoms with E-state index in [0.717, 1.165) is 6.42 Å². The van der Waals surface area contributed by atoms with E-state index >= 15 is 0 Å². The molecule has 0 fully saturated rings. The number of ether oxygens (including phenoxy) is 1. The average Bonchev–Trinajstić information content (AvgIpc) is 2.32. The maximum Gasteiger partial charge on any atom is 0.238 e. The molecule has 1 aromatic carbocycles. The van der Waals surface area contributed by atoms with Gasteiger partial charge in [0.25, 0.3) is 0 Å². The molecule has 0 atom stereocenters. The van der Waals surface area contributed by atoms with Gasteiger partial charge < -0.3 is 15.8 Å². The number of primary sulfonamides is 1. The summed E-state index contributed by atoms with van der Waals surface area (Å²) >= 11 is 0. The van der Waals surface area contributed by atoms with Crippen LogP contribution in [0.3, 0.4) is 0 Å². The first-order valence-electron chi connectivity index (χ1n) is 6.30. The zero-order valence-corrected chi connectivity index (χ0v) is 13.0. The zero-order valence-electron chi connectivity index (χ0n) is 12.1. The van der Waals surface area contributed by atoms with Crippen molar-refractivity contribution in [1.29, 1.82) is 0 Å². The maximum atomic E-state index is 11.4. The molecule has 0 bridgehead atoms. The van der Waals surface area contributed by atoms with Crippen LogP contribution in [-0.4, -0.2) is 28.7 Å². The van der Waals surface area contributed by atoms with Crippen LogP contribution in [0.2, 0.25) is 0 Å². The molecule has 0 amide bonds. The Morgan fingerprint density at radius 2 is 1.95 bits per heavy atom. The minimum Gasteiger partial charge on any atom is -0.399 e. The van der Waals surface area contributed by atoms with Gasteiger partial charge in [-0.25, -0.2) is 13.6 Å². The largest absolute Gasteiger partial charge is 0.399 e. The van der Waals surface area contributed by atoms with Gasteiger partial charge in [-0.3, -0.25) is 0 Å². The van der Waals surface area contributed by atoms with E-state index < -0.39 is 10.0 Å². The Balaban J connectivity index is 2.81. The second-order valence-corrected chi connectivity index (χ2v) is 7.16. The predicted octanol–water partition coefficient (Wildman–Crippen LogP) is 1.39. The molecule has 1 rings (SSSR count). The molecule has 20 heavy (non-hydrogen) atoms. The smallest absolute Gasteiger partial charge is 0.238 e. The van der Waals surface area contributed by atoms with E-state index in [-0.39, 0.29) is 10.3 Å². The second kappa shape index (κ2) is 6.43. The van der Waals surface area contributed by atoms with Crippen LogP contribution in [0, 0.1) is 5.41 Å². The lowest BCUT2D eigenvalue weighted by Crippen LogP contribution is -2.24. The number of hydrogen-bond acceptors (Lipinski definition) is 5. The standard InChI is InChI=1S/C13H23N3O3S/c1-13(2,4-5-19-3)9-16-11-6-10(14)7-12(8-11)20(15,17)18/h6-8,16H,4-5,9,14H2,1-3H3,(H2,15,17,18). The van der Waals surface area contributed by atoms with Crippen LogP contribution in [0.5, 0.6) is 0 Å². The molecule has 0 unspecified atom stereocenters. The number of benzene rings is 1. The number of nitrogen functional groups attached to an aromatic ring is 1. The van der Waals surface area contributed by atoms with Crippen molar-refractivity contribution in [3.63, 3.8) is 0 Å². The van der Waals surface area contributed by atoms with Gasteiger partial charge in [-0.15, -0.1) is 0 Å². The highest BCUT2D eigenvalue weighted by Gasteiger charge is 2.18. The molecule has 7 heteroatoms. The first-order valence-corrected chi connectivity index (χ1v) is 7.85. The lowest BCUT2D eigenvalue weighted by Gasteiger charge is -2.25. The molecule has 0 saturated heterocycles. The molecule has 0 heterocycles. The van der Waals surface area contributed by atoms with Crippen molar-refractivity contribution in [2.75, 3.05) is 31.3 Å². The first kappa shape index (κ1) is 16.7. The van der Waals surface area contributed by atoms with Crippen LogP contribution < -0.4 is 16.2 Å². The number of nitrogens with one attached hydrogen (secondary N) is 1. The van der Waals surface area contributed by atoms with E-state index in [1.807, 2.05) is 0 Å². The summed E-state index contributed by atoms with van der Waals surface area (Å²) in [5, 5.41) is 8.31. The van der Waals surface area contributed by atoms with E-state index in [1.54, 1.807) is 13.2 Å². The van der Waals surface area contributed by atoms with E-state index in [0.29, 0.717) is 24.5 Å². The van der Waals surface area contributed by atoms with Crippen molar-refractivity contribution in [2.24, 2.45) is 10.6 Å². The summed E-state index contributed by atoms with van der Waals surface area (Å²) in [5.41, 5.74) is 6.71. The third kappa shape index (κ3) is 5.36. The van der Waals surface area contributed by atoms with Gasteiger partial charge in [0.05, 0.1) is 4.90 Å². The van der Waals surface area contributed by atoms with Crippen molar-refractivity contribution in [1.82, 2.24) is 0 Å². The SMILES string of the molecule is COCCC(C)(C)CNc1cc(N)cc(S(N)(=O)=O)c1. The van der Waals surface area contributed by atoms with Gasteiger partial charge in [0, 0.05) is 31.6 Å². The van der Waals surface area contributed by atoms with Crippen molar-refractivity contribution >= 4 is 21.4 Å². The first-order chi connectivity index (χ1) is 9.14. The van der Waals surface area contributed by atoms with Gasteiger partial charge in [-0.05, 0) is 30.0 Å². The third-order valence-corrected chi connectivity index (χ3v) is 3.90. The molecule has 1 aromatic rings. The molecule has 0 aliphatic heterocycles. The minimum atomic E-state index is -3.76. The number of anilines is 2. The molecule has 0 aliphatic carbocycles. The normalized spacial score (nSPS) is 12.4.